The highest BCUT2D eigenvalue weighted by Crippen LogP contribution is 2.34. The van der Waals surface area contributed by atoms with E-state index in [9.17, 15) is 14.4 Å². The van der Waals surface area contributed by atoms with Crippen molar-refractivity contribution < 1.29 is 19.1 Å². The number of amides is 2. The van der Waals surface area contributed by atoms with E-state index in [1.54, 1.807) is 30.0 Å². The summed E-state index contributed by atoms with van der Waals surface area (Å²) >= 11 is 1.42. The van der Waals surface area contributed by atoms with Crippen molar-refractivity contribution in [3.05, 3.63) is 53.6 Å². The minimum absolute atomic E-state index is 0.0158. The molecule has 0 aromatic heterocycles. The van der Waals surface area contributed by atoms with Crippen LogP contribution in [0.25, 0.3) is 0 Å². The molecule has 0 fully saturated rings. The average molecular weight is 396 g/mol. The van der Waals surface area contributed by atoms with Gasteiger partial charge in [0.15, 0.2) is 6.10 Å². The Labute approximate surface area is 167 Å². The summed E-state index contributed by atoms with van der Waals surface area (Å²) in [5, 5.41) is 2.75. The number of rotatable bonds is 3. The number of thioether (sulfide) groups is 1. The van der Waals surface area contributed by atoms with Gasteiger partial charge in [0.05, 0.1) is 17.0 Å². The fraction of sp³-hybridized carbons (Fsp3) is 0.286. The normalized spacial score (nSPS) is 18.7. The number of hydrogen-bond acceptors (Lipinski definition) is 5. The minimum atomic E-state index is -0.916. The maximum absolute atomic E-state index is 12.9. The van der Waals surface area contributed by atoms with Crippen molar-refractivity contribution >= 4 is 40.9 Å². The zero-order valence-corrected chi connectivity index (χ0v) is 16.4. The molecule has 0 radical (unpaired) electrons. The van der Waals surface area contributed by atoms with Gasteiger partial charge in [0.2, 0.25) is 5.91 Å². The molecule has 0 saturated heterocycles. The van der Waals surface area contributed by atoms with Crippen LogP contribution in [0.15, 0.2) is 47.4 Å². The summed E-state index contributed by atoms with van der Waals surface area (Å²) in [5.41, 5.74) is 2.88. The summed E-state index contributed by atoms with van der Waals surface area (Å²) < 4.78 is 5.44. The van der Waals surface area contributed by atoms with E-state index in [0.717, 1.165) is 22.6 Å². The van der Waals surface area contributed by atoms with Gasteiger partial charge in [0, 0.05) is 16.6 Å². The third-order valence-corrected chi connectivity index (χ3v) is 6.00. The first-order valence-corrected chi connectivity index (χ1v) is 10.1. The first-order chi connectivity index (χ1) is 13.4. The Balaban J connectivity index is 1.48. The lowest BCUT2D eigenvalue weighted by Gasteiger charge is -2.26. The molecule has 2 aliphatic heterocycles. The molecule has 0 unspecified atom stereocenters. The number of carbonyl (C=O) groups is 3. The van der Waals surface area contributed by atoms with Crippen molar-refractivity contribution in [1.29, 1.82) is 0 Å². The van der Waals surface area contributed by atoms with Gasteiger partial charge < -0.3 is 15.0 Å². The maximum Gasteiger partial charge on any atom is 0.338 e. The van der Waals surface area contributed by atoms with Crippen LogP contribution in [0.4, 0.5) is 11.4 Å². The standard InChI is InChI=1S/C21H20N2O4S/c1-12-9-14-5-3-4-6-17(14)23(12)20(25)13(2)27-21(26)15-7-8-18-16(10-15)22-19(24)11-28-18/h3-8,10,12-13H,9,11H2,1-2H3,(H,22,24)/t12-,13-/m0/s1. The van der Waals surface area contributed by atoms with Crippen LogP contribution in [0.3, 0.4) is 0 Å². The topological polar surface area (TPSA) is 75.7 Å². The van der Waals surface area contributed by atoms with Gasteiger partial charge in [0.25, 0.3) is 5.91 Å². The van der Waals surface area contributed by atoms with Crippen molar-refractivity contribution in [3.63, 3.8) is 0 Å². The summed E-state index contributed by atoms with van der Waals surface area (Å²) in [5.74, 6) is -0.577. The predicted octanol–water partition coefficient (Wildman–Crippen LogP) is 3.25. The largest absolute Gasteiger partial charge is 0.449 e. The Hall–Kier alpha value is -2.80. The van der Waals surface area contributed by atoms with Gasteiger partial charge >= 0.3 is 5.97 Å². The Morgan fingerprint density at radius 2 is 2.04 bits per heavy atom. The summed E-state index contributed by atoms with van der Waals surface area (Å²) in [6.45, 7) is 3.57. The third kappa shape index (κ3) is 3.38. The highest BCUT2D eigenvalue weighted by atomic mass is 32.2. The summed E-state index contributed by atoms with van der Waals surface area (Å²) in [6.07, 6.45) is -0.133. The van der Waals surface area contributed by atoms with E-state index in [4.69, 9.17) is 4.74 Å². The zero-order chi connectivity index (χ0) is 19.8. The molecule has 2 aromatic carbocycles. The summed E-state index contributed by atoms with van der Waals surface area (Å²) in [4.78, 5) is 39.7. The number of esters is 1. The second-order valence-electron chi connectivity index (χ2n) is 6.99. The Morgan fingerprint density at radius 3 is 2.86 bits per heavy atom. The van der Waals surface area contributed by atoms with E-state index >= 15 is 0 Å². The molecule has 6 nitrogen and oxygen atoms in total. The zero-order valence-electron chi connectivity index (χ0n) is 15.6. The van der Waals surface area contributed by atoms with Crippen molar-refractivity contribution in [2.45, 2.75) is 37.3 Å². The van der Waals surface area contributed by atoms with Crippen LogP contribution in [0.2, 0.25) is 0 Å². The SMILES string of the molecule is C[C@H](OC(=O)c1ccc2c(c1)NC(=O)CS2)C(=O)N1c2ccccc2C[C@@H]1C. The lowest BCUT2D eigenvalue weighted by Crippen LogP contribution is -2.43. The van der Waals surface area contributed by atoms with E-state index in [-0.39, 0.29) is 17.9 Å². The average Bonchev–Trinajstić information content (AvgIpc) is 3.02. The fourth-order valence-electron chi connectivity index (χ4n) is 3.59. The van der Waals surface area contributed by atoms with Crippen molar-refractivity contribution in [3.8, 4) is 0 Å². The number of anilines is 2. The lowest BCUT2D eigenvalue weighted by atomic mass is 10.1. The molecule has 1 N–H and O–H groups in total. The maximum atomic E-state index is 12.9. The molecule has 2 amide bonds. The smallest absolute Gasteiger partial charge is 0.338 e. The summed E-state index contributed by atoms with van der Waals surface area (Å²) in [7, 11) is 0. The van der Waals surface area contributed by atoms with Crippen LogP contribution in [0.1, 0.15) is 29.8 Å². The van der Waals surface area contributed by atoms with Crippen molar-refractivity contribution in [2.75, 3.05) is 16.0 Å². The number of nitrogens with one attached hydrogen (secondary N) is 1. The van der Waals surface area contributed by atoms with Crippen LogP contribution in [-0.4, -0.2) is 35.7 Å². The monoisotopic (exact) mass is 396 g/mol. The number of fused-ring (bicyclic) bond motifs is 2. The fourth-order valence-corrected chi connectivity index (χ4v) is 4.37. The van der Waals surface area contributed by atoms with Gasteiger partial charge in [-0.25, -0.2) is 4.79 Å². The van der Waals surface area contributed by atoms with Crippen LogP contribution in [0, 0.1) is 0 Å². The molecule has 4 rings (SSSR count). The second kappa shape index (κ2) is 7.31. The molecular weight excluding hydrogens is 376 g/mol. The molecule has 0 aliphatic carbocycles. The van der Waals surface area contributed by atoms with Crippen molar-refractivity contribution in [2.24, 2.45) is 0 Å². The van der Waals surface area contributed by atoms with Crippen LogP contribution in [-0.2, 0) is 20.7 Å². The minimum Gasteiger partial charge on any atom is -0.449 e. The number of benzene rings is 2. The van der Waals surface area contributed by atoms with E-state index in [1.807, 2.05) is 31.2 Å². The molecule has 2 heterocycles. The molecule has 0 saturated carbocycles. The second-order valence-corrected chi connectivity index (χ2v) is 8.00. The number of para-hydroxylation sites is 1. The number of hydrogen-bond donors (Lipinski definition) is 1. The van der Waals surface area contributed by atoms with Gasteiger partial charge in [0.1, 0.15) is 0 Å². The molecular formula is C21H20N2O4S. The van der Waals surface area contributed by atoms with Gasteiger partial charge in [-0.2, -0.15) is 0 Å². The van der Waals surface area contributed by atoms with E-state index in [0.29, 0.717) is 17.0 Å². The molecule has 2 atom stereocenters. The van der Waals surface area contributed by atoms with Crippen molar-refractivity contribution in [1.82, 2.24) is 0 Å². The van der Waals surface area contributed by atoms with E-state index in [1.165, 1.54) is 11.8 Å². The summed E-state index contributed by atoms with van der Waals surface area (Å²) in [6, 6.07) is 12.8. The van der Waals surface area contributed by atoms with Gasteiger partial charge in [-0.15, -0.1) is 11.8 Å². The Kier molecular flexibility index (Phi) is 4.85. The molecule has 7 heteroatoms. The number of carbonyl (C=O) groups excluding carboxylic acids is 3. The Bertz CT molecular complexity index is 975. The Morgan fingerprint density at radius 1 is 1.25 bits per heavy atom. The van der Waals surface area contributed by atoms with Crippen LogP contribution >= 0.6 is 11.8 Å². The first-order valence-electron chi connectivity index (χ1n) is 9.12. The molecule has 2 aromatic rings. The third-order valence-electron chi connectivity index (χ3n) is 4.92. The predicted molar refractivity (Wildman–Crippen MR) is 108 cm³/mol. The van der Waals surface area contributed by atoms with Gasteiger partial charge in [-0.05, 0) is 50.1 Å². The molecule has 28 heavy (non-hydrogen) atoms. The molecule has 144 valence electrons. The molecule has 2 aliphatic rings. The molecule has 0 bridgehead atoms. The first kappa shape index (κ1) is 18.6. The number of ether oxygens (including phenoxy) is 1. The van der Waals surface area contributed by atoms with Gasteiger partial charge in [-0.3, -0.25) is 9.59 Å². The number of nitrogens with zero attached hydrogens (tertiary/aromatic N) is 1. The quantitative estimate of drug-likeness (QED) is 0.806. The lowest BCUT2D eigenvalue weighted by molar-refractivity contribution is -0.126. The molecule has 0 spiro atoms. The van der Waals surface area contributed by atoms with Gasteiger partial charge in [-0.1, -0.05) is 18.2 Å². The highest BCUT2D eigenvalue weighted by molar-refractivity contribution is 8.00. The van der Waals surface area contributed by atoms with Crippen LogP contribution < -0.4 is 10.2 Å². The van der Waals surface area contributed by atoms with Crippen LogP contribution in [0.5, 0.6) is 0 Å². The highest BCUT2D eigenvalue weighted by Gasteiger charge is 2.34. The van der Waals surface area contributed by atoms with E-state index < -0.39 is 12.1 Å². The van der Waals surface area contributed by atoms with E-state index in [2.05, 4.69) is 5.32 Å².